The highest BCUT2D eigenvalue weighted by Gasteiger charge is 1.83. The molecule has 0 aromatic heterocycles. The number of rotatable bonds is 4. The minimum Gasteiger partial charge on any atom is -0.379 e. The molecule has 0 aromatic carbocycles. The second-order valence-corrected chi connectivity index (χ2v) is 2.53. The van der Waals surface area contributed by atoms with Gasteiger partial charge in [0.1, 0.15) is 0 Å². The second-order valence-electron chi connectivity index (χ2n) is 2.53. The van der Waals surface area contributed by atoms with E-state index in [2.05, 4.69) is 23.7 Å². The Morgan fingerprint density at radius 1 is 0.769 bits per heavy atom. The van der Waals surface area contributed by atoms with Crippen LogP contribution in [0.1, 0.15) is 39.5 Å². The first-order chi connectivity index (χ1) is 6.41. The zero-order valence-corrected chi connectivity index (χ0v) is 8.65. The second kappa shape index (κ2) is 11.1. The third-order valence-electron chi connectivity index (χ3n) is 1.35. The van der Waals surface area contributed by atoms with Gasteiger partial charge in [0.15, 0.2) is 0 Å². The zero-order valence-electron chi connectivity index (χ0n) is 8.65. The Bertz CT molecular complexity index is 185. The third-order valence-corrected chi connectivity index (χ3v) is 1.35. The number of hydrogen-bond acceptors (Lipinski definition) is 1. The number of hydrogen-bond donors (Lipinski definition) is 0. The molecule has 0 saturated carbocycles. The summed E-state index contributed by atoms with van der Waals surface area (Å²) in [6.45, 7) is 5.57. The topological polar surface area (TPSA) is 9.23 Å². The lowest BCUT2D eigenvalue weighted by Crippen LogP contribution is -1.94. The summed E-state index contributed by atoms with van der Waals surface area (Å²) in [5.41, 5.74) is 0. The molecule has 72 valence electrons. The lowest BCUT2D eigenvalue weighted by atomic mass is 10.4. The summed E-state index contributed by atoms with van der Waals surface area (Å²) in [4.78, 5) is 0. The Hall–Kier alpha value is -0.920. The van der Waals surface area contributed by atoms with Crippen molar-refractivity contribution in [3.8, 4) is 23.7 Å². The lowest BCUT2D eigenvalue weighted by Gasteiger charge is -1.95. The molecule has 0 unspecified atom stereocenters. The van der Waals surface area contributed by atoms with Gasteiger partial charge in [0.05, 0.1) is 13.2 Å². The quantitative estimate of drug-likeness (QED) is 0.475. The summed E-state index contributed by atoms with van der Waals surface area (Å²) in [5, 5.41) is 0. The normalized spacial score (nSPS) is 8.15. The van der Waals surface area contributed by atoms with Crippen LogP contribution in [0.5, 0.6) is 0 Å². The van der Waals surface area contributed by atoms with Crippen molar-refractivity contribution >= 4 is 0 Å². The Balaban J connectivity index is 3.08. The van der Waals surface area contributed by atoms with Gasteiger partial charge < -0.3 is 4.74 Å². The fraction of sp³-hybridized carbons (Fsp3) is 0.667. The van der Waals surface area contributed by atoms with Gasteiger partial charge in [-0.15, -0.1) is 23.7 Å². The lowest BCUT2D eigenvalue weighted by molar-refractivity contribution is 0.146. The van der Waals surface area contributed by atoms with Gasteiger partial charge in [0.2, 0.25) is 0 Å². The van der Waals surface area contributed by atoms with E-state index in [0.29, 0.717) is 0 Å². The Morgan fingerprint density at radius 2 is 1.23 bits per heavy atom. The molecule has 0 atom stereocenters. The highest BCUT2D eigenvalue weighted by molar-refractivity contribution is 4.98. The molecule has 0 aromatic rings. The molecule has 0 radical (unpaired) electrons. The molecule has 0 amide bonds. The molecule has 1 heteroatoms. The predicted molar refractivity (Wildman–Crippen MR) is 56.2 cm³/mol. The van der Waals surface area contributed by atoms with E-state index in [0.717, 1.165) is 38.9 Å². The van der Waals surface area contributed by atoms with Crippen molar-refractivity contribution in [1.82, 2.24) is 0 Å². The minimum atomic E-state index is 0.737. The van der Waals surface area contributed by atoms with Crippen LogP contribution in [0.3, 0.4) is 0 Å². The molecule has 0 aliphatic heterocycles. The largest absolute Gasteiger partial charge is 0.379 e. The standard InChI is InChI=1S/C12H18O/c1-3-5-7-9-11-13-12-10-8-6-4-2/h3-4,9-12H2,1-2H3. The van der Waals surface area contributed by atoms with Crippen LogP contribution in [0.25, 0.3) is 0 Å². The molecule has 0 fully saturated rings. The monoisotopic (exact) mass is 178 g/mol. The maximum atomic E-state index is 5.32. The van der Waals surface area contributed by atoms with Gasteiger partial charge in [-0.2, -0.15) is 0 Å². The molecule has 0 aliphatic rings. The van der Waals surface area contributed by atoms with Crippen molar-refractivity contribution in [2.45, 2.75) is 39.5 Å². The molecule has 0 N–H and O–H groups in total. The van der Waals surface area contributed by atoms with Crippen LogP contribution >= 0.6 is 0 Å². The summed E-state index contributed by atoms with van der Waals surface area (Å²) < 4.78 is 5.32. The van der Waals surface area contributed by atoms with Crippen molar-refractivity contribution in [3.63, 3.8) is 0 Å². The molecule has 0 heterocycles. The summed E-state index contributed by atoms with van der Waals surface area (Å²) in [7, 11) is 0. The fourth-order valence-corrected chi connectivity index (χ4v) is 0.775. The maximum Gasteiger partial charge on any atom is 0.0576 e. The molecular formula is C12H18O. The molecular weight excluding hydrogens is 160 g/mol. The van der Waals surface area contributed by atoms with Crippen molar-refractivity contribution in [2.75, 3.05) is 13.2 Å². The van der Waals surface area contributed by atoms with E-state index in [1.165, 1.54) is 0 Å². The molecule has 0 bridgehead atoms. The summed E-state index contributed by atoms with van der Waals surface area (Å²) >= 11 is 0. The molecule has 1 nitrogen and oxygen atoms in total. The molecule has 0 spiro atoms. The highest BCUT2D eigenvalue weighted by atomic mass is 16.5. The third kappa shape index (κ3) is 11.1. The zero-order chi connectivity index (χ0) is 9.78. The van der Waals surface area contributed by atoms with E-state index in [9.17, 15) is 0 Å². The van der Waals surface area contributed by atoms with E-state index in [4.69, 9.17) is 4.74 Å². The van der Waals surface area contributed by atoms with Gasteiger partial charge in [-0.3, -0.25) is 0 Å². The van der Waals surface area contributed by atoms with Crippen molar-refractivity contribution in [1.29, 1.82) is 0 Å². The van der Waals surface area contributed by atoms with Crippen molar-refractivity contribution in [3.05, 3.63) is 0 Å². The van der Waals surface area contributed by atoms with Crippen LogP contribution in [0.2, 0.25) is 0 Å². The first-order valence-electron chi connectivity index (χ1n) is 4.91. The SMILES string of the molecule is CCC#CCCOCCC#CCC. The van der Waals surface area contributed by atoms with Gasteiger partial charge >= 0.3 is 0 Å². The Kier molecular flexibility index (Phi) is 10.3. The van der Waals surface area contributed by atoms with Crippen LogP contribution in [-0.4, -0.2) is 13.2 Å². The van der Waals surface area contributed by atoms with Crippen LogP contribution in [0.15, 0.2) is 0 Å². The van der Waals surface area contributed by atoms with Gasteiger partial charge in [0, 0.05) is 25.7 Å². The van der Waals surface area contributed by atoms with Crippen LogP contribution in [0.4, 0.5) is 0 Å². The van der Waals surface area contributed by atoms with E-state index < -0.39 is 0 Å². The van der Waals surface area contributed by atoms with E-state index in [1.54, 1.807) is 0 Å². The van der Waals surface area contributed by atoms with Crippen molar-refractivity contribution in [2.24, 2.45) is 0 Å². The van der Waals surface area contributed by atoms with E-state index in [-0.39, 0.29) is 0 Å². The average molecular weight is 178 g/mol. The van der Waals surface area contributed by atoms with Crippen molar-refractivity contribution < 1.29 is 4.74 Å². The molecule has 0 aliphatic carbocycles. The van der Waals surface area contributed by atoms with Gasteiger partial charge in [-0.25, -0.2) is 0 Å². The first-order valence-corrected chi connectivity index (χ1v) is 4.91. The summed E-state index contributed by atoms with van der Waals surface area (Å²) in [5.74, 6) is 12.1. The molecule has 0 rings (SSSR count). The highest BCUT2D eigenvalue weighted by Crippen LogP contribution is 1.84. The van der Waals surface area contributed by atoms with Crippen LogP contribution in [0, 0.1) is 23.7 Å². The summed E-state index contributed by atoms with van der Waals surface area (Å²) in [6, 6.07) is 0. The minimum absolute atomic E-state index is 0.737. The average Bonchev–Trinajstić information content (AvgIpc) is 2.16. The van der Waals surface area contributed by atoms with E-state index >= 15 is 0 Å². The first kappa shape index (κ1) is 12.1. The summed E-state index contributed by atoms with van der Waals surface area (Å²) in [6.07, 6.45) is 3.55. The number of ether oxygens (including phenoxy) is 1. The van der Waals surface area contributed by atoms with Crippen LogP contribution < -0.4 is 0 Å². The maximum absolute atomic E-state index is 5.32. The fourth-order valence-electron chi connectivity index (χ4n) is 0.775. The Morgan fingerprint density at radius 3 is 1.62 bits per heavy atom. The predicted octanol–water partition coefficient (Wildman–Crippen LogP) is 2.61. The van der Waals surface area contributed by atoms with Gasteiger partial charge in [-0.05, 0) is 0 Å². The molecule has 0 saturated heterocycles. The molecule has 13 heavy (non-hydrogen) atoms. The van der Waals surface area contributed by atoms with Gasteiger partial charge in [0.25, 0.3) is 0 Å². The Labute approximate surface area is 81.9 Å². The van der Waals surface area contributed by atoms with Gasteiger partial charge in [-0.1, -0.05) is 13.8 Å². The van der Waals surface area contributed by atoms with Crippen LogP contribution in [-0.2, 0) is 4.74 Å². The smallest absolute Gasteiger partial charge is 0.0576 e. The van der Waals surface area contributed by atoms with E-state index in [1.807, 2.05) is 13.8 Å².